The molecule has 0 aliphatic carbocycles. The van der Waals surface area contributed by atoms with E-state index in [-0.39, 0.29) is 0 Å². The van der Waals surface area contributed by atoms with E-state index >= 15 is 0 Å². The van der Waals surface area contributed by atoms with E-state index in [0.717, 1.165) is 19.6 Å². The van der Waals surface area contributed by atoms with Crippen LogP contribution in [-0.2, 0) is 6.54 Å². The van der Waals surface area contributed by atoms with Crippen molar-refractivity contribution in [3.05, 3.63) is 35.4 Å². The molecule has 20 heavy (non-hydrogen) atoms. The Bertz CT molecular complexity index is 454. The Kier molecular flexibility index (Phi) is 5.11. The summed E-state index contributed by atoms with van der Waals surface area (Å²) in [6, 6.07) is 7.27. The van der Waals surface area contributed by atoms with Crippen LogP contribution in [0.4, 0.5) is 0 Å². The number of nitrogens with zero attached hydrogens (tertiary/aromatic N) is 1. The number of carboxylic acid groups (broad SMARTS) is 1. The predicted octanol–water partition coefficient (Wildman–Crippen LogP) is 3.49. The Hall–Kier alpha value is -1.00. The zero-order valence-corrected chi connectivity index (χ0v) is 13.1. The first-order valence-electron chi connectivity index (χ1n) is 7.27. The van der Waals surface area contributed by atoms with E-state index in [9.17, 15) is 4.79 Å². The maximum atomic E-state index is 10.9. The van der Waals surface area contributed by atoms with Crippen molar-refractivity contribution >= 4 is 17.7 Å². The van der Waals surface area contributed by atoms with Gasteiger partial charge in [0.15, 0.2) is 0 Å². The average Bonchev–Trinajstić information content (AvgIpc) is 2.48. The summed E-state index contributed by atoms with van der Waals surface area (Å²) < 4.78 is 0.402. The first-order valence-corrected chi connectivity index (χ1v) is 8.25. The lowest BCUT2D eigenvalue weighted by Gasteiger charge is -2.41. The van der Waals surface area contributed by atoms with Crippen LogP contribution in [0.25, 0.3) is 0 Å². The molecular weight excluding hydrogens is 270 g/mol. The summed E-state index contributed by atoms with van der Waals surface area (Å²) in [5.74, 6) is 0.330. The smallest absolute Gasteiger partial charge is 0.335 e. The van der Waals surface area contributed by atoms with Crippen LogP contribution in [0.5, 0.6) is 0 Å². The van der Waals surface area contributed by atoms with E-state index in [1.807, 2.05) is 12.1 Å². The molecule has 0 atom stereocenters. The number of hydrogen-bond acceptors (Lipinski definition) is 3. The Morgan fingerprint density at radius 2 is 1.95 bits per heavy atom. The molecule has 0 saturated carbocycles. The lowest BCUT2D eigenvalue weighted by Crippen LogP contribution is -2.45. The van der Waals surface area contributed by atoms with E-state index in [4.69, 9.17) is 5.11 Å². The van der Waals surface area contributed by atoms with Gasteiger partial charge >= 0.3 is 5.97 Å². The van der Waals surface area contributed by atoms with Crippen molar-refractivity contribution in [2.45, 2.75) is 38.0 Å². The van der Waals surface area contributed by atoms with Gasteiger partial charge in [-0.2, -0.15) is 11.8 Å². The topological polar surface area (TPSA) is 40.5 Å². The summed E-state index contributed by atoms with van der Waals surface area (Å²) in [4.78, 5) is 13.4. The minimum absolute atomic E-state index is 0.361. The molecule has 1 aliphatic heterocycles. The van der Waals surface area contributed by atoms with Crippen molar-refractivity contribution < 1.29 is 9.90 Å². The van der Waals surface area contributed by atoms with Gasteiger partial charge < -0.3 is 5.11 Å². The molecule has 3 nitrogen and oxygen atoms in total. The molecule has 1 N–H and O–H groups in total. The molecule has 1 aromatic carbocycles. The Morgan fingerprint density at radius 1 is 1.30 bits per heavy atom. The molecular formula is C16H23NO2S. The molecule has 1 fully saturated rings. The van der Waals surface area contributed by atoms with E-state index in [0.29, 0.717) is 10.3 Å². The van der Waals surface area contributed by atoms with Crippen molar-refractivity contribution in [2.24, 2.45) is 0 Å². The SMILES string of the molecule is CCC1(CC)CN(Cc2ccc(C(=O)O)cc2)CCS1. The van der Waals surface area contributed by atoms with Crippen LogP contribution in [0, 0.1) is 0 Å². The molecule has 2 rings (SSSR count). The Labute approximate surface area is 125 Å². The Morgan fingerprint density at radius 3 is 2.50 bits per heavy atom. The molecule has 1 heterocycles. The highest BCUT2D eigenvalue weighted by Crippen LogP contribution is 2.36. The lowest BCUT2D eigenvalue weighted by molar-refractivity contribution is 0.0697. The molecule has 0 bridgehead atoms. The van der Waals surface area contributed by atoms with Gasteiger partial charge in [0.1, 0.15) is 0 Å². The van der Waals surface area contributed by atoms with E-state index in [1.54, 1.807) is 12.1 Å². The van der Waals surface area contributed by atoms with Crippen LogP contribution in [-0.4, -0.2) is 39.6 Å². The van der Waals surface area contributed by atoms with Crippen LogP contribution in [0.3, 0.4) is 0 Å². The van der Waals surface area contributed by atoms with Gasteiger partial charge in [-0.15, -0.1) is 0 Å². The lowest BCUT2D eigenvalue weighted by atomic mass is 10.0. The van der Waals surface area contributed by atoms with Crippen LogP contribution in [0.2, 0.25) is 0 Å². The summed E-state index contributed by atoms with van der Waals surface area (Å²) >= 11 is 2.11. The minimum Gasteiger partial charge on any atom is -0.478 e. The largest absolute Gasteiger partial charge is 0.478 e. The Balaban J connectivity index is 2.00. The van der Waals surface area contributed by atoms with Crippen molar-refractivity contribution in [1.82, 2.24) is 4.90 Å². The third-order valence-corrected chi connectivity index (χ3v) is 5.93. The molecule has 4 heteroatoms. The quantitative estimate of drug-likeness (QED) is 0.902. The summed E-state index contributed by atoms with van der Waals surface area (Å²) in [6.45, 7) is 7.73. The third kappa shape index (κ3) is 3.55. The first kappa shape index (κ1) is 15.4. The molecule has 0 aromatic heterocycles. The van der Waals surface area contributed by atoms with E-state index < -0.39 is 5.97 Å². The number of aromatic carboxylic acids is 1. The summed E-state index contributed by atoms with van der Waals surface area (Å²) in [6.07, 6.45) is 2.42. The molecule has 1 aromatic rings. The van der Waals surface area contributed by atoms with Gasteiger partial charge in [-0.25, -0.2) is 4.79 Å². The maximum absolute atomic E-state index is 10.9. The number of carbonyl (C=O) groups is 1. The number of carboxylic acids is 1. The highest BCUT2D eigenvalue weighted by atomic mass is 32.2. The van der Waals surface area contributed by atoms with E-state index in [2.05, 4.69) is 30.5 Å². The zero-order valence-electron chi connectivity index (χ0n) is 12.3. The normalized spacial score (nSPS) is 18.9. The second-order valence-corrected chi connectivity index (χ2v) is 7.01. The van der Waals surface area contributed by atoms with Crippen LogP contribution in [0.1, 0.15) is 42.6 Å². The fourth-order valence-corrected chi connectivity index (χ4v) is 4.21. The maximum Gasteiger partial charge on any atom is 0.335 e. The van der Waals surface area contributed by atoms with Crippen LogP contribution in [0.15, 0.2) is 24.3 Å². The van der Waals surface area contributed by atoms with Crippen LogP contribution < -0.4 is 0 Å². The van der Waals surface area contributed by atoms with Crippen LogP contribution >= 0.6 is 11.8 Å². The molecule has 1 aliphatic rings. The van der Waals surface area contributed by atoms with Gasteiger partial charge in [0.05, 0.1) is 5.56 Å². The standard InChI is InChI=1S/C16H23NO2S/c1-3-16(4-2)12-17(9-10-20-16)11-13-5-7-14(8-6-13)15(18)19/h5-8H,3-4,9-12H2,1-2H3,(H,18,19). The monoisotopic (exact) mass is 293 g/mol. The number of hydrogen-bond donors (Lipinski definition) is 1. The highest BCUT2D eigenvalue weighted by molar-refractivity contribution is 8.00. The molecule has 0 spiro atoms. The second-order valence-electron chi connectivity index (χ2n) is 5.45. The summed E-state index contributed by atoms with van der Waals surface area (Å²) in [5.41, 5.74) is 1.56. The molecule has 0 radical (unpaired) electrons. The first-order chi connectivity index (χ1) is 9.58. The fraction of sp³-hybridized carbons (Fsp3) is 0.562. The van der Waals surface area contributed by atoms with Gasteiger partial charge in [-0.3, -0.25) is 4.90 Å². The summed E-state index contributed by atoms with van der Waals surface area (Å²) in [5, 5.41) is 8.92. The molecule has 0 amide bonds. The van der Waals surface area contributed by atoms with Gasteiger partial charge in [-0.1, -0.05) is 26.0 Å². The number of benzene rings is 1. The predicted molar refractivity (Wildman–Crippen MR) is 84.4 cm³/mol. The van der Waals surface area contributed by atoms with Gasteiger partial charge in [0.2, 0.25) is 0 Å². The summed E-state index contributed by atoms with van der Waals surface area (Å²) in [7, 11) is 0. The third-order valence-electron chi connectivity index (χ3n) is 4.22. The fourth-order valence-electron chi connectivity index (χ4n) is 2.75. The number of rotatable bonds is 5. The zero-order chi connectivity index (χ0) is 14.6. The van der Waals surface area contributed by atoms with Crippen molar-refractivity contribution in [2.75, 3.05) is 18.8 Å². The highest BCUT2D eigenvalue weighted by Gasteiger charge is 2.32. The minimum atomic E-state index is -0.859. The van der Waals surface area contributed by atoms with Gasteiger partial charge in [0, 0.05) is 30.1 Å². The number of thioether (sulfide) groups is 1. The van der Waals surface area contributed by atoms with Crippen molar-refractivity contribution in [1.29, 1.82) is 0 Å². The second kappa shape index (κ2) is 6.64. The van der Waals surface area contributed by atoms with Gasteiger partial charge in [0.25, 0.3) is 0 Å². The van der Waals surface area contributed by atoms with E-state index in [1.165, 1.54) is 24.2 Å². The van der Waals surface area contributed by atoms with Crippen molar-refractivity contribution in [3.63, 3.8) is 0 Å². The molecule has 110 valence electrons. The van der Waals surface area contributed by atoms with Gasteiger partial charge in [-0.05, 0) is 30.5 Å². The molecule has 0 unspecified atom stereocenters. The average molecular weight is 293 g/mol. The molecule has 1 saturated heterocycles. The van der Waals surface area contributed by atoms with Crippen molar-refractivity contribution in [3.8, 4) is 0 Å².